The van der Waals surface area contributed by atoms with E-state index < -0.39 is 10.0 Å². The molecule has 3 N–H and O–H groups in total. The first kappa shape index (κ1) is 13.0. The molecular weight excluding hydrogens is 226 g/mol. The van der Waals surface area contributed by atoms with Crippen molar-refractivity contribution in [3.8, 4) is 0 Å². The Bertz CT molecular complexity index is 424. The molecule has 0 radical (unpaired) electrons. The molecule has 0 aliphatic carbocycles. The van der Waals surface area contributed by atoms with E-state index in [0.29, 0.717) is 18.8 Å². The predicted octanol–water partition coefficient (Wildman–Crippen LogP) is 1.00. The molecule has 0 saturated carbocycles. The summed E-state index contributed by atoms with van der Waals surface area (Å²) in [5, 5.41) is 0. The van der Waals surface area contributed by atoms with Gasteiger partial charge in [0, 0.05) is 18.8 Å². The van der Waals surface area contributed by atoms with Gasteiger partial charge in [0.25, 0.3) is 0 Å². The monoisotopic (exact) mass is 243 g/mol. The van der Waals surface area contributed by atoms with E-state index in [1.54, 1.807) is 24.3 Å². The Morgan fingerprint density at radius 2 is 1.69 bits per heavy atom. The average molecular weight is 243 g/mol. The van der Waals surface area contributed by atoms with Crippen LogP contribution >= 0.6 is 0 Å². The second-order valence-corrected chi connectivity index (χ2v) is 5.20. The molecule has 0 unspecified atom stereocenters. The van der Waals surface area contributed by atoms with Crippen LogP contribution in [0.25, 0.3) is 0 Å². The van der Waals surface area contributed by atoms with Gasteiger partial charge in [-0.2, -0.15) is 4.31 Å². The number of hydrazine groups is 1. The fourth-order valence-corrected chi connectivity index (χ4v) is 2.89. The molecule has 0 aliphatic rings. The summed E-state index contributed by atoms with van der Waals surface area (Å²) < 4.78 is 25.6. The van der Waals surface area contributed by atoms with Gasteiger partial charge in [0.05, 0.1) is 4.90 Å². The van der Waals surface area contributed by atoms with Crippen LogP contribution in [0.1, 0.15) is 13.8 Å². The molecule has 0 heterocycles. The molecule has 0 amide bonds. The second kappa shape index (κ2) is 5.29. The normalized spacial score (nSPS) is 11.8. The molecule has 0 bridgehead atoms. The number of nitrogens with two attached hydrogens (primary N) is 1. The highest BCUT2D eigenvalue weighted by Gasteiger charge is 2.20. The van der Waals surface area contributed by atoms with Crippen molar-refractivity contribution in [1.82, 2.24) is 4.31 Å². The third-order valence-corrected chi connectivity index (χ3v) is 4.43. The fraction of sp³-hybridized carbons (Fsp3) is 0.400. The van der Waals surface area contributed by atoms with Crippen molar-refractivity contribution in [1.29, 1.82) is 0 Å². The molecule has 16 heavy (non-hydrogen) atoms. The van der Waals surface area contributed by atoms with Gasteiger partial charge in [0.2, 0.25) is 10.0 Å². The van der Waals surface area contributed by atoms with Gasteiger partial charge in [-0.25, -0.2) is 8.42 Å². The van der Waals surface area contributed by atoms with E-state index in [-0.39, 0.29) is 4.90 Å². The summed E-state index contributed by atoms with van der Waals surface area (Å²) >= 11 is 0. The third-order valence-electron chi connectivity index (χ3n) is 2.36. The number of anilines is 1. The van der Waals surface area contributed by atoms with Crippen molar-refractivity contribution in [2.24, 2.45) is 5.84 Å². The van der Waals surface area contributed by atoms with Gasteiger partial charge in [-0.1, -0.05) is 13.8 Å². The summed E-state index contributed by atoms with van der Waals surface area (Å²) in [5.41, 5.74) is 3.13. The number of benzene rings is 1. The number of rotatable bonds is 5. The standard InChI is InChI=1S/C10H17N3O2S/c1-3-13(4-2)16(14,15)10-7-5-9(12-11)6-8-10/h5-8,12H,3-4,11H2,1-2H3. The van der Waals surface area contributed by atoms with E-state index in [0.717, 1.165) is 0 Å². The van der Waals surface area contributed by atoms with E-state index in [1.807, 2.05) is 13.8 Å². The van der Waals surface area contributed by atoms with Crippen LogP contribution < -0.4 is 11.3 Å². The van der Waals surface area contributed by atoms with Crippen LogP contribution in [-0.4, -0.2) is 25.8 Å². The number of nitrogen functional groups attached to an aromatic ring is 1. The Labute approximate surface area is 96.3 Å². The largest absolute Gasteiger partial charge is 0.324 e. The number of hydrogen-bond donors (Lipinski definition) is 2. The van der Waals surface area contributed by atoms with E-state index in [1.165, 1.54) is 4.31 Å². The van der Waals surface area contributed by atoms with Gasteiger partial charge in [-0.05, 0) is 24.3 Å². The van der Waals surface area contributed by atoms with Crippen LogP contribution in [0.2, 0.25) is 0 Å². The zero-order valence-electron chi connectivity index (χ0n) is 9.47. The first-order chi connectivity index (χ1) is 7.56. The molecule has 0 aliphatic heterocycles. The minimum atomic E-state index is -3.36. The first-order valence-electron chi connectivity index (χ1n) is 5.13. The molecule has 0 atom stereocenters. The lowest BCUT2D eigenvalue weighted by molar-refractivity contribution is 0.445. The minimum Gasteiger partial charge on any atom is -0.324 e. The lowest BCUT2D eigenvalue weighted by Gasteiger charge is -2.18. The zero-order valence-corrected chi connectivity index (χ0v) is 10.3. The maximum Gasteiger partial charge on any atom is 0.243 e. The molecule has 6 heteroatoms. The van der Waals surface area contributed by atoms with Crippen molar-refractivity contribution in [3.05, 3.63) is 24.3 Å². The van der Waals surface area contributed by atoms with Gasteiger partial charge in [-0.15, -0.1) is 0 Å². The summed E-state index contributed by atoms with van der Waals surface area (Å²) in [4.78, 5) is 0.287. The van der Waals surface area contributed by atoms with E-state index in [4.69, 9.17) is 5.84 Å². The summed E-state index contributed by atoms with van der Waals surface area (Å²) in [6, 6.07) is 6.36. The Kier molecular flexibility index (Phi) is 4.28. The molecule has 1 rings (SSSR count). The van der Waals surface area contributed by atoms with Crippen LogP contribution in [0.3, 0.4) is 0 Å². The SMILES string of the molecule is CCN(CC)S(=O)(=O)c1ccc(NN)cc1. The Hall–Kier alpha value is -1.11. The topological polar surface area (TPSA) is 75.4 Å². The van der Waals surface area contributed by atoms with Crippen LogP contribution in [0.4, 0.5) is 5.69 Å². The zero-order chi connectivity index (χ0) is 12.2. The Morgan fingerprint density at radius 1 is 1.19 bits per heavy atom. The lowest BCUT2D eigenvalue weighted by atomic mass is 10.3. The van der Waals surface area contributed by atoms with Crippen molar-refractivity contribution in [2.45, 2.75) is 18.7 Å². The molecule has 90 valence electrons. The summed E-state index contributed by atoms with van der Waals surface area (Å²) in [6.45, 7) is 4.57. The second-order valence-electron chi connectivity index (χ2n) is 3.26. The Balaban J connectivity index is 3.07. The summed E-state index contributed by atoms with van der Waals surface area (Å²) in [6.07, 6.45) is 0. The molecule has 0 spiro atoms. The van der Waals surface area contributed by atoms with Crippen molar-refractivity contribution >= 4 is 15.7 Å². The average Bonchev–Trinajstić information content (AvgIpc) is 2.30. The molecule has 0 saturated heterocycles. The fourth-order valence-electron chi connectivity index (χ4n) is 1.44. The highest BCUT2D eigenvalue weighted by Crippen LogP contribution is 2.17. The number of nitrogens with zero attached hydrogens (tertiary/aromatic N) is 1. The highest BCUT2D eigenvalue weighted by atomic mass is 32.2. The smallest absolute Gasteiger partial charge is 0.243 e. The highest BCUT2D eigenvalue weighted by molar-refractivity contribution is 7.89. The molecular formula is C10H17N3O2S. The third kappa shape index (κ3) is 2.52. The number of hydrogen-bond acceptors (Lipinski definition) is 4. The molecule has 1 aromatic carbocycles. The molecule has 5 nitrogen and oxygen atoms in total. The predicted molar refractivity (Wildman–Crippen MR) is 64.4 cm³/mol. The molecule has 0 aromatic heterocycles. The van der Waals surface area contributed by atoms with Gasteiger partial charge in [0.1, 0.15) is 0 Å². The van der Waals surface area contributed by atoms with Crippen molar-refractivity contribution in [3.63, 3.8) is 0 Å². The lowest BCUT2D eigenvalue weighted by Crippen LogP contribution is -2.30. The van der Waals surface area contributed by atoms with Crippen LogP contribution in [0.5, 0.6) is 0 Å². The van der Waals surface area contributed by atoms with Gasteiger partial charge >= 0.3 is 0 Å². The maximum absolute atomic E-state index is 12.1. The van der Waals surface area contributed by atoms with E-state index >= 15 is 0 Å². The number of nitrogens with one attached hydrogen (secondary N) is 1. The van der Waals surface area contributed by atoms with E-state index in [9.17, 15) is 8.42 Å². The van der Waals surface area contributed by atoms with Gasteiger partial charge < -0.3 is 5.43 Å². The quantitative estimate of drug-likeness (QED) is 0.597. The molecule has 0 fully saturated rings. The summed E-state index contributed by atoms with van der Waals surface area (Å²) in [7, 11) is -3.36. The maximum atomic E-state index is 12.1. The number of sulfonamides is 1. The van der Waals surface area contributed by atoms with Gasteiger partial charge in [0.15, 0.2) is 0 Å². The first-order valence-corrected chi connectivity index (χ1v) is 6.57. The van der Waals surface area contributed by atoms with Crippen LogP contribution in [-0.2, 0) is 10.0 Å². The van der Waals surface area contributed by atoms with Crippen LogP contribution in [0.15, 0.2) is 29.2 Å². The van der Waals surface area contributed by atoms with Crippen molar-refractivity contribution < 1.29 is 8.42 Å². The van der Waals surface area contributed by atoms with Crippen LogP contribution in [0, 0.1) is 0 Å². The molecule has 1 aromatic rings. The Morgan fingerprint density at radius 3 is 2.06 bits per heavy atom. The van der Waals surface area contributed by atoms with E-state index in [2.05, 4.69) is 5.43 Å². The van der Waals surface area contributed by atoms with Crippen molar-refractivity contribution in [2.75, 3.05) is 18.5 Å². The van der Waals surface area contributed by atoms with Gasteiger partial charge in [-0.3, -0.25) is 5.84 Å². The minimum absolute atomic E-state index is 0.287. The summed E-state index contributed by atoms with van der Waals surface area (Å²) in [5.74, 6) is 5.21.